The van der Waals surface area contributed by atoms with Gasteiger partial charge in [0, 0.05) is 32.9 Å². The number of amides is 8. The molecule has 8 atom stereocenters. The second-order valence-electron chi connectivity index (χ2n) is 25.4. The van der Waals surface area contributed by atoms with Crippen molar-refractivity contribution in [2.24, 2.45) is 0 Å². The normalized spacial score (nSPS) is 32.6. The first-order chi connectivity index (χ1) is 88.5. The van der Waals surface area contributed by atoms with Crippen LogP contribution >= 0.6 is 0 Å². The Morgan fingerprint density at radius 3 is 0.703 bits per heavy atom. The number of hydrogen-bond donors (Lipinski definition) is 8. The standard InChI is InChI=1S/8C12H15NO3/c8*1-8-3-9(2)5-10(4-8)15-7-11-6-13-12(14)16-11/h8*3-5,11H,6-7H2,1-2H3,(H,13,14)/i1D3,2D3,3D,4D,5D,6D2,7D2;1D3,2D3,3D,4D,5D,6D2;3D,4D,5D,6D2,7D2;3D,4D,5D,6D2;1D3,2D3,6D2,7D2;1D3,2D3,6D2;6D2,11D;6D2,7D2/hD8. The second-order valence-corrected chi connectivity index (χ2v) is 25.4. The van der Waals surface area contributed by atoms with E-state index in [1.165, 1.54) is 13.8 Å². The first-order valence-electron chi connectivity index (χ1n) is 70.3. The Labute approximate surface area is 844 Å². The molecule has 8 amide bonds. The van der Waals surface area contributed by atoms with E-state index in [2.05, 4.69) is 33.2 Å². The molecular formula is C96H120N8O24. The van der Waals surface area contributed by atoms with Gasteiger partial charge in [0.05, 0.1) is 103 Å². The van der Waals surface area contributed by atoms with Crippen LogP contribution in [0.4, 0.5) is 38.4 Å². The number of carbonyl (C=O) groups is 8. The molecule has 0 aliphatic carbocycles. The van der Waals surface area contributed by atoms with Crippen molar-refractivity contribution >= 4 is 48.7 Å². The highest BCUT2D eigenvalue weighted by atomic mass is 16.6. The van der Waals surface area contributed by atoms with Crippen LogP contribution in [0.5, 0.6) is 46.0 Å². The highest BCUT2D eigenvalue weighted by Crippen LogP contribution is 2.25. The van der Waals surface area contributed by atoms with E-state index in [1.54, 1.807) is 38.1 Å². The molecule has 0 radical (unpaired) electrons. The predicted molar refractivity (Wildman–Crippen MR) is 477 cm³/mol. The van der Waals surface area contributed by atoms with Crippen LogP contribution in [0, 0.1) is 110 Å². The van der Waals surface area contributed by atoms with E-state index in [0.717, 1.165) is 58.7 Å². The Balaban J connectivity index is 0.000000244. The maximum absolute atomic E-state index is 11.5. The van der Waals surface area contributed by atoms with E-state index in [1.807, 2.05) is 39.8 Å². The fourth-order valence-corrected chi connectivity index (χ4v) is 9.72. The van der Waals surface area contributed by atoms with E-state index in [4.69, 9.17) is 138 Å². The summed E-state index contributed by atoms with van der Waals surface area (Å²) in [6.07, 6.45) is -25.7. The maximum atomic E-state index is 11.5. The molecule has 8 aliphatic rings. The van der Waals surface area contributed by atoms with Crippen molar-refractivity contribution in [3.63, 3.8) is 0 Å². The van der Waals surface area contributed by atoms with E-state index in [9.17, 15) is 38.4 Å². The van der Waals surface area contributed by atoms with Crippen LogP contribution in [0.1, 0.15) is 173 Å². The zero-order valence-electron chi connectivity index (χ0n) is 137. The van der Waals surface area contributed by atoms with Crippen LogP contribution in [0.3, 0.4) is 0 Å². The number of alkyl carbamates (subject to hydrolysis) is 8. The molecular weight excluding hydrogens is 1650 g/mol. The van der Waals surface area contributed by atoms with Gasteiger partial charge in [0.2, 0.25) is 0 Å². The summed E-state index contributed by atoms with van der Waals surface area (Å²) < 4.78 is 603. The summed E-state index contributed by atoms with van der Waals surface area (Å²) in [5.74, 6) is -2.53. The Morgan fingerprint density at radius 2 is 0.453 bits per heavy atom. The van der Waals surface area contributed by atoms with Gasteiger partial charge in [-0.05, 0) is 296 Å². The molecule has 8 heterocycles. The van der Waals surface area contributed by atoms with Gasteiger partial charge in [-0.15, -0.1) is 0 Å². The number of nitrogens with one attached hydrogen (secondary N) is 8. The lowest BCUT2D eigenvalue weighted by Gasteiger charge is -2.11. The summed E-state index contributed by atoms with van der Waals surface area (Å²) in [4.78, 5) is 90.5. The zero-order chi connectivity index (χ0) is 152. The fraction of sp³-hybridized carbons (Fsp3) is 0.417. The molecule has 8 aromatic rings. The van der Waals surface area contributed by atoms with Crippen molar-refractivity contribution in [3.8, 4) is 46.0 Å². The van der Waals surface area contributed by atoms with Crippen molar-refractivity contribution in [2.45, 2.75) is 159 Å². The molecule has 0 aromatic heterocycles. The molecule has 8 aromatic carbocycles. The largest absolute Gasteiger partial charge is 0.490 e. The summed E-state index contributed by atoms with van der Waals surface area (Å²) in [5.41, 5.74) is -0.742. The molecule has 0 bridgehead atoms. The van der Waals surface area contributed by atoms with E-state index in [-0.39, 0.29) is 118 Å². The lowest BCUT2D eigenvalue weighted by Crippen LogP contribution is -2.21. The number of carbonyl (C=O) groups excluding carboxylic acids is 8. The van der Waals surface area contributed by atoms with Crippen LogP contribution in [0.2, 0.25) is 11.3 Å². The molecule has 16 rings (SSSR count). The van der Waals surface area contributed by atoms with Crippen molar-refractivity contribution in [1.29, 1.82) is 0 Å². The molecule has 8 N–H and O–H groups in total. The molecule has 32 heteroatoms. The summed E-state index contributed by atoms with van der Waals surface area (Å²) in [5, 5.41) is -0.570. The molecule has 8 unspecified atom stereocenters. The molecule has 8 aliphatic heterocycles. The minimum Gasteiger partial charge on any atom is -0.490 e. The molecule has 0 saturated carbocycles. The fourth-order valence-electron chi connectivity index (χ4n) is 9.72. The van der Waals surface area contributed by atoms with Gasteiger partial charge in [0.1, 0.15) is 98.7 Å². The SMILES string of the molecule is [2H]N1C(=O)OC(C([2H])([2H])Oc2cc(C([2H])([2H])[2H])cc(C([2H])([2H])[2H])c2)C1([2H])[2H].[2H]N1C(=O)OC(C([2H])([2H])Oc2cc(C)cc(C)c2)C1([2H])[2H].[2H]N1C(=O)OC(COc2cc(C([2H])([2H])[2H])cc(C([2H])([2H])[2H])c2)C1([2H])[2H].[2H]N1C(=O)OC([2H])(COc2cc(C)cc(C)c2)C1([2H])[2H].[2H]c1c(C)c([2H])c(OC([2H])([2H])C2OC(=O)N([2H])C2([2H])[2H])c([2H])c1C.[2H]c1c(C)c([2H])c(OCC2OC(=O)N([2H])C2([2H])[2H])c([2H])c1C.[2H]c1c(OC([2H])([2H])C2OC(=O)N([2H])C2([2H])[2H])c([2H])c(C([2H])([2H])[2H])c([2H])c1C([2H])([2H])[2H].[2H]c1c(OCC2OC(=O)N([2H])C2([2H])[2H])c([2H])c(C([2H])([2H])[2H])c([2H])c1C([2H])([2H])[2H]. The van der Waals surface area contributed by atoms with E-state index >= 15 is 0 Å². The average Bonchev–Trinajstić information content (AvgIpc) is 1.75. The molecule has 688 valence electrons. The Kier molecular flexibility index (Phi) is 15.4. The first kappa shape index (κ1) is 40.1. The van der Waals surface area contributed by atoms with E-state index in [0.29, 0.717) is 16.9 Å². The van der Waals surface area contributed by atoms with Gasteiger partial charge in [0.15, 0.2) is 60.1 Å². The summed E-state index contributed by atoms with van der Waals surface area (Å²) in [7, 11) is 0. The lowest BCUT2D eigenvalue weighted by atomic mass is 10.1. The number of aryl methyl sites for hydroxylation is 8. The third kappa shape index (κ3) is 36.9. The monoisotopic (exact) mass is 1840 g/mol. The molecule has 32 nitrogen and oxygen atoms in total. The Morgan fingerprint density at radius 1 is 0.258 bits per heavy atom. The van der Waals surface area contributed by atoms with E-state index < -0.39 is 350 Å². The lowest BCUT2D eigenvalue weighted by molar-refractivity contribution is 0.104. The highest BCUT2D eigenvalue weighted by Gasteiger charge is 2.30. The molecule has 0 spiro atoms. The minimum absolute atomic E-state index is 0.0187. The molecule has 8 fully saturated rings. The van der Waals surface area contributed by atoms with Crippen LogP contribution in [0.15, 0.2) is 145 Å². The highest BCUT2D eigenvalue weighted by molar-refractivity contribution is 5.72. The Bertz CT molecular complexity index is 8150. The first-order valence-corrected chi connectivity index (χ1v) is 36.2. The molecule has 128 heavy (non-hydrogen) atoms. The summed E-state index contributed by atoms with van der Waals surface area (Å²) in [6.45, 7) is -45.2. The van der Waals surface area contributed by atoms with Crippen LogP contribution < -0.4 is 80.4 Å². The van der Waals surface area contributed by atoms with Crippen molar-refractivity contribution in [2.75, 3.05) is 105 Å². The number of rotatable bonds is 24. The molecule has 8 saturated heterocycles. The topological polar surface area (TPSA) is 380 Å². The van der Waals surface area contributed by atoms with Gasteiger partial charge >= 0.3 is 48.7 Å². The second kappa shape index (κ2) is 49.3. The van der Waals surface area contributed by atoms with Gasteiger partial charge in [-0.1, -0.05) is 48.4 Å². The zero-order valence-corrected chi connectivity index (χ0v) is 67.7. The van der Waals surface area contributed by atoms with Gasteiger partial charge in [-0.25, -0.2) is 38.4 Å². The quantitative estimate of drug-likeness (QED) is 0.0260. The van der Waals surface area contributed by atoms with Crippen LogP contribution in [0.25, 0.3) is 0 Å². The summed E-state index contributed by atoms with van der Waals surface area (Å²) in [6, 6.07) is 9.17. The number of cyclic esters (lactones) is 8. The van der Waals surface area contributed by atoms with Crippen molar-refractivity contribution in [1.82, 2.24) is 42.5 Å². The van der Waals surface area contributed by atoms with Gasteiger partial charge in [-0.3, -0.25) is 0 Å². The number of ether oxygens (including phenoxy) is 16. The summed E-state index contributed by atoms with van der Waals surface area (Å²) >= 11 is 0. The smallest absolute Gasteiger partial charge is 0.407 e. The van der Waals surface area contributed by atoms with Gasteiger partial charge in [-0.2, -0.15) is 0 Å². The van der Waals surface area contributed by atoms with Crippen LogP contribution in [-0.2, 0) is 37.9 Å². The van der Waals surface area contributed by atoms with Gasteiger partial charge in [0.25, 0.3) is 0 Å². The minimum atomic E-state index is -3.36. The third-order valence-corrected chi connectivity index (χ3v) is 14.3. The third-order valence-electron chi connectivity index (χ3n) is 14.3. The van der Waals surface area contributed by atoms with Crippen molar-refractivity contribution < 1.29 is 209 Å². The number of benzene rings is 8. The maximum Gasteiger partial charge on any atom is 0.407 e. The van der Waals surface area contributed by atoms with Gasteiger partial charge < -0.3 is 118 Å². The average molecular weight is 1840 g/mol. The predicted octanol–water partition coefficient (Wildman–Crippen LogP) is 14.3. The Hall–Kier alpha value is -13.7. The number of hydrogen-bond acceptors (Lipinski definition) is 24. The van der Waals surface area contributed by atoms with Crippen LogP contribution in [-0.4, -0.2) is 202 Å². The van der Waals surface area contributed by atoms with Crippen molar-refractivity contribution in [3.05, 3.63) is 234 Å².